The van der Waals surface area contributed by atoms with Gasteiger partial charge in [0.05, 0.1) is 0 Å². The van der Waals surface area contributed by atoms with E-state index in [4.69, 9.17) is 0 Å². The van der Waals surface area contributed by atoms with Gasteiger partial charge in [-0.15, -0.1) is 0 Å². The topological polar surface area (TPSA) is 34.1 Å². The molecule has 34 heavy (non-hydrogen) atoms. The summed E-state index contributed by atoms with van der Waals surface area (Å²) in [6.07, 6.45) is 29.1. The zero-order valence-corrected chi connectivity index (χ0v) is 26.6. The van der Waals surface area contributed by atoms with E-state index in [0.717, 1.165) is 25.7 Å². The predicted molar refractivity (Wildman–Crippen MR) is 152 cm³/mol. The molecule has 0 spiro atoms. The minimum atomic E-state index is -0.628. The maximum atomic E-state index is 11.2. The second-order valence-corrected chi connectivity index (χ2v) is 16.3. The third-order valence-electron chi connectivity index (χ3n) is 7.05. The van der Waals surface area contributed by atoms with E-state index in [1.165, 1.54) is 109 Å². The molecule has 2 nitrogen and oxygen atoms in total. The Morgan fingerprint density at radius 1 is 0.588 bits per heavy atom. The van der Waals surface area contributed by atoms with E-state index in [-0.39, 0.29) is 0 Å². The van der Waals surface area contributed by atoms with Gasteiger partial charge in [0.2, 0.25) is 0 Å². The van der Waals surface area contributed by atoms with Crippen LogP contribution in [0.4, 0.5) is 0 Å². The summed E-state index contributed by atoms with van der Waals surface area (Å²) in [4.78, 5) is 22.4. The molecular weight excluding hydrogens is 523 g/mol. The van der Waals surface area contributed by atoms with E-state index < -0.39 is 21.1 Å². The molecule has 0 amide bonds. The van der Waals surface area contributed by atoms with Gasteiger partial charge in [-0.05, 0) is 0 Å². The van der Waals surface area contributed by atoms with Crippen LogP contribution >= 0.6 is 0 Å². The first-order chi connectivity index (χ1) is 16.4. The third kappa shape index (κ3) is 20.1. The van der Waals surface area contributed by atoms with E-state index in [1.54, 1.807) is 13.8 Å². The number of allylic oxidation sites excluding steroid dienone is 2. The molecule has 0 bridgehead atoms. The Morgan fingerprint density at radius 2 is 1.00 bits per heavy atom. The van der Waals surface area contributed by atoms with Crippen molar-refractivity contribution < 1.29 is 9.59 Å². The van der Waals surface area contributed by atoms with E-state index in [9.17, 15) is 9.59 Å². The fourth-order valence-corrected chi connectivity index (χ4v) is 10.9. The fraction of sp³-hybridized carbons (Fsp3) is 0.871. The van der Waals surface area contributed by atoms with Gasteiger partial charge in [-0.25, -0.2) is 0 Å². The summed E-state index contributed by atoms with van der Waals surface area (Å²) in [7, 11) is 0. The molecule has 0 fully saturated rings. The van der Waals surface area contributed by atoms with Crippen molar-refractivity contribution in [3.63, 3.8) is 0 Å². The normalized spacial score (nSPS) is 12.3. The average Bonchev–Trinajstić information content (AvgIpc) is 2.80. The molecule has 0 aliphatic rings. The molecule has 0 heterocycles. The maximum absolute atomic E-state index is 11.2. The van der Waals surface area contributed by atoms with E-state index >= 15 is 0 Å². The number of ketones is 2. The van der Waals surface area contributed by atoms with Crippen LogP contribution in [0, 0.1) is 0 Å². The molecule has 0 aromatic heterocycles. The summed E-state index contributed by atoms with van der Waals surface area (Å²) in [6, 6.07) is 0. The number of carbonyl (C=O) groups is 2. The molecule has 3 heteroatoms. The summed E-state index contributed by atoms with van der Waals surface area (Å²) < 4.78 is 2.56. The van der Waals surface area contributed by atoms with Gasteiger partial charge in [-0.2, -0.15) is 0 Å². The first-order valence-electron chi connectivity index (χ1n) is 14.8. The molecule has 0 saturated carbocycles. The predicted octanol–water partition coefficient (Wildman–Crippen LogP) is 10.2. The standard InChI is InChI=1S/C18H31O2.C13H27.Sn/c1-17(19)15-13-11-9-7-5-3-4-6-8-10-12-14-16-18(2)20;1-4-7-10-13(11-8-5-2)12-9-6-3;/h3H,5-16H2,1-2H3;4-12H2,1-3H3;. The van der Waals surface area contributed by atoms with Crippen LogP contribution in [0.1, 0.15) is 169 Å². The first kappa shape index (κ1) is 33.9. The Bertz CT molecular complexity index is 516. The summed E-state index contributed by atoms with van der Waals surface area (Å²) in [5, 5.41) is 0. The van der Waals surface area contributed by atoms with Crippen LogP contribution in [0.3, 0.4) is 0 Å². The average molecular weight is 582 g/mol. The number of unbranched alkanes of at least 4 members (excludes halogenated alkanes) is 10. The van der Waals surface area contributed by atoms with Crippen molar-refractivity contribution in [1.29, 1.82) is 0 Å². The molecule has 0 aliphatic heterocycles. The van der Waals surface area contributed by atoms with Crippen LogP contribution in [-0.2, 0) is 9.59 Å². The molecular formula is C31H58O2Sn. The van der Waals surface area contributed by atoms with Crippen LogP contribution in [0.15, 0.2) is 9.67 Å². The zero-order chi connectivity index (χ0) is 25.5. The molecule has 0 aliphatic carbocycles. The van der Waals surface area contributed by atoms with Gasteiger partial charge in [0.25, 0.3) is 0 Å². The molecule has 0 atom stereocenters. The molecule has 0 rings (SSSR count). The SMILES string of the molecule is CCCC[C](CCCC)(CCCC)[Sn]/[C](=C\CCCCCCC(C)=O)CCCCCCC(C)=O. The van der Waals surface area contributed by atoms with Crippen molar-refractivity contribution in [3.05, 3.63) is 9.67 Å². The zero-order valence-electron chi connectivity index (χ0n) is 23.7. The van der Waals surface area contributed by atoms with Gasteiger partial charge in [-0.1, -0.05) is 0 Å². The van der Waals surface area contributed by atoms with Crippen molar-refractivity contribution in [2.45, 2.75) is 173 Å². The first-order valence-corrected chi connectivity index (χ1v) is 17.7. The van der Waals surface area contributed by atoms with E-state index in [1.807, 2.05) is 3.59 Å². The van der Waals surface area contributed by atoms with Crippen LogP contribution in [0.5, 0.6) is 0 Å². The summed E-state index contributed by atoms with van der Waals surface area (Å²) in [6.45, 7) is 10.5. The Morgan fingerprint density at radius 3 is 1.41 bits per heavy atom. The molecule has 0 saturated heterocycles. The van der Waals surface area contributed by atoms with Gasteiger partial charge in [0, 0.05) is 0 Å². The molecule has 0 aromatic carbocycles. The number of carbonyl (C=O) groups excluding carboxylic acids is 2. The number of rotatable bonds is 25. The van der Waals surface area contributed by atoms with Gasteiger partial charge in [-0.3, -0.25) is 0 Å². The molecule has 2 radical (unpaired) electrons. The molecule has 198 valence electrons. The fourth-order valence-electron chi connectivity index (χ4n) is 4.86. The Kier molecular flexibility index (Phi) is 23.2. The Balaban J connectivity index is 5.09. The van der Waals surface area contributed by atoms with E-state index in [0.29, 0.717) is 15.0 Å². The van der Waals surface area contributed by atoms with Crippen molar-refractivity contribution in [3.8, 4) is 0 Å². The Hall–Kier alpha value is -0.121. The van der Waals surface area contributed by atoms with E-state index in [2.05, 4.69) is 26.8 Å². The van der Waals surface area contributed by atoms with Crippen molar-refractivity contribution in [2.75, 3.05) is 0 Å². The van der Waals surface area contributed by atoms with Gasteiger partial charge in [0.15, 0.2) is 0 Å². The number of hydrogen-bond acceptors (Lipinski definition) is 2. The summed E-state index contributed by atoms with van der Waals surface area (Å²) in [5.41, 5.74) is 0. The van der Waals surface area contributed by atoms with Crippen LogP contribution in [0.25, 0.3) is 0 Å². The molecule has 0 unspecified atom stereocenters. The van der Waals surface area contributed by atoms with Gasteiger partial charge in [0.1, 0.15) is 0 Å². The van der Waals surface area contributed by atoms with Gasteiger partial charge < -0.3 is 0 Å². The van der Waals surface area contributed by atoms with Crippen LogP contribution in [0.2, 0.25) is 3.43 Å². The third-order valence-corrected chi connectivity index (χ3v) is 12.9. The second-order valence-electron chi connectivity index (χ2n) is 10.7. The van der Waals surface area contributed by atoms with Crippen LogP contribution < -0.4 is 0 Å². The monoisotopic (exact) mass is 582 g/mol. The summed E-state index contributed by atoms with van der Waals surface area (Å²) in [5.74, 6) is 0.672. The number of Topliss-reactive ketones (excluding diaryl/α,β-unsaturated/α-hetero) is 2. The van der Waals surface area contributed by atoms with Crippen molar-refractivity contribution in [2.24, 2.45) is 0 Å². The van der Waals surface area contributed by atoms with Gasteiger partial charge >= 0.3 is 225 Å². The van der Waals surface area contributed by atoms with Crippen molar-refractivity contribution in [1.82, 2.24) is 0 Å². The second kappa shape index (κ2) is 23.3. The quantitative estimate of drug-likeness (QED) is 0.0794. The van der Waals surface area contributed by atoms with Crippen molar-refractivity contribution >= 4 is 32.7 Å². The minimum absolute atomic E-state index is 0.334. The molecule has 0 aromatic rings. The van der Waals surface area contributed by atoms with Crippen LogP contribution in [-0.4, -0.2) is 32.7 Å². The Labute approximate surface area is 224 Å². The molecule has 0 N–H and O–H groups in total. The summed E-state index contributed by atoms with van der Waals surface area (Å²) >= 11 is -0.628. The number of hydrogen-bond donors (Lipinski definition) is 0.